The van der Waals surface area contributed by atoms with Gasteiger partial charge in [-0.15, -0.1) is 0 Å². The Balaban J connectivity index is 2.91. The van der Waals surface area contributed by atoms with Gasteiger partial charge in [-0.05, 0) is 25.2 Å². The Morgan fingerprint density at radius 1 is 1.62 bits per heavy atom. The molecule has 4 N–H and O–H groups in total. The zero-order valence-electron chi connectivity index (χ0n) is 7.42. The van der Waals surface area contributed by atoms with Crippen LogP contribution in [0.2, 0.25) is 0 Å². The maximum atomic E-state index is 12.8. The van der Waals surface area contributed by atoms with Crippen LogP contribution in [0.25, 0.3) is 0 Å². The van der Waals surface area contributed by atoms with E-state index in [0.717, 1.165) is 0 Å². The van der Waals surface area contributed by atoms with Gasteiger partial charge < -0.3 is 16.2 Å². The van der Waals surface area contributed by atoms with Crippen molar-refractivity contribution >= 4 is 5.69 Å². The van der Waals surface area contributed by atoms with Crippen molar-refractivity contribution in [3.8, 4) is 0 Å². The number of benzene rings is 1. The third-order valence-electron chi connectivity index (χ3n) is 1.81. The van der Waals surface area contributed by atoms with E-state index in [1.807, 2.05) is 0 Å². The van der Waals surface area contributed by atoms with Crippen molar-refractivity contribution in [3.05, 3.63) is 29.6 Å². The van der Waals surface area contributed by atoms with Crippen molar-refractivity contribution in [3.63, 3.8) is 0 Å². The van der Waals surface area contributed by atoms with E-state index in [9.17, 15) is 9.50 Å². The summed E-state index contributed by atoms with van der Waals surface area (Å²) in [6.07, 6.45) is -0.763. The van der Waals surface area contributed by atoms with Crippen LogP contribution >= 0.6 is 0 Å². The highest BCUT2D eigenvalue weighted by atomic mass is 19.1. The standard InChI is InChI=1S/C9H13FN2O/c1-12-5-9(13)7-4-6(10)2-3-8(7)11/h2-4,9,12-13H,5,11H2,1H3. The molecular weight excluding hydrogens is 171 g/mol. The number of aliphatic hydroxyl groups is 1. The second-order valence-electron chi connectivity index (χ2n) is 2.85. The molecule has 0 amide bonds. The molecule has 0 aliphatic carbocycles. The summed E-state index contributed by atoms with van der Waals surface area (Å²) < 4.78 is 12.8. The number of hydrogen-bond donors (Lipinski definition) is 3. The molecule has 1 rings (SSSR count). The molecule has 72 valence electrons. The minimum atomic E-state index is -0.763. The van der Waals surface area contributed by atoms with Gasteiger partial charge in [-0.25, -0.2) is 4.39 Å². The van der Waals surface area contributed by atoms with Crippen LogP contribution in [-0.2, 0) is 0 Å². The van der Waals surface area contributed by atoms with E-state index in [1.54, 1.807) is 7.05 Å². The van der Waals surface area contributed by atoms with Gasteiger partial charge >= 0.3 is 0 Å². The lowest BCUT2D eigenvalue weighted by Gasteiger charge is -2.12. The van der Waals surface area contributed by atoms with E-state index in [0.29, 0.717) is 17.8 Å². The van der Waals surface area contributed by atoms with E-state index in [2.05, 4.69) is 5.32 Å². The Morgan fingerprint density at radius 2 is 2.31 bits per heavy atom. The summed E-state index contributed by atoms with van der Waals surface area (Å²) in [5, 5.41) is 12.3. The lowest BCUT2D eigenvalue weighted by atomic mass is 10.1. The van der Waals surface area contributed by atoms with Crippen molar-refractivity contribution in [2.75, 3.05) is 19.3 Å². The van der Waals surface area contributed by atoms with Gasteiger partial charge in [-0.1, -0.05) is 0 Å². The van der Waals surface area contributed by atoms with Gasteiger partial charge in [0.2, 0.25) is 0 Å². The smallest absolute Gasteiger partial charge is 0.123 e. The summed E-state index contributed by atoms with van der Waals surface area (Å²) in [4.78, 5) is 0. The number of hydrogen-bond acceptors (Lipinski definition) is 3. The largest absolute Gasteiger partial charge is 0.398 e. The zero-order chi connectivity index (χ0) is 9.84. The number of anilines is 1. The zero-order valence-corrected chi connectivity index (χ0v) is 7.42. The van der Waals surface area contributed by atoms with Crippen molar-refractivity contribution in [2.45, 2.75) is 6.10 Å². The minimum absolute atomic E-state index is 0.355. The van der Waals surface area contributed by atoms with E-state index < -0.39 is 6.10 Å². The van der Waals surface area contributed by atoms with Gasteiger partial charge in [0.05, 0.1) is 6.10 Å². The third-order valence-corrected chi connectivity index (χ3v) is 1.81. The fourth-order valence-electron chi connectivity index (χ4n) is 1.14. The fourth-order valence-corrected chi connectivity index (χ4v) is 1.14. The average Bonchev–Trinajstić information content (AvgIpc) is 2.09. The summed E-state index contributed by atoms with van der Waals surface area (Å²) in [5.41, 5.74) is 6.40. The molecule has 0 radical (unpaired) electrons. The van der Waals surface area contributed by atoms with E-state index in [4.69, 9.17) is 5.73 Å². The summed E-state index contributed by atoms with van der Waals surface area (Å²) in [6.45, 7) is 0.355. The molecule has 0 aliphatic rings. The van der Waals surface area contributed by atoms with Crippen LogP contribution in [0.15, 0.2) is 18.2 Å². The molecule has 4 heteroatoms. The van der Waals surface area contributed by atoms with Gasteiger partial charge in [-0.3, -0.25) is 0 Å². The number of halogens is 1. The summed E-state index contributed by atoms with van der Waals surface area (Å²) in [7, 11) is 1.71. The van der Waals surface area contributed by atoms with E-state index >= 15 is 0 Å². The van der Waals surface area contributed by atoms with Crippen molar-refractivity contribution in [2.24, 2.45) is 0 Å². The van der Waals surface area contributed by atoms with Gasteiger partial charge in [0, 0.05) is 17.8 Å². The van der Waals surface area contributed by atoms with E-state index in [1.165, 1.54) is 18.2 Å². The Labute approximate surface area is 76.4 Å². The van der Waals surface area contributed by atoms with Gasteiger partial charge in [-0.2, -0.15) is 0 Å². The van der Waals surface area contributed by atoms with Crippen LogP contribution in [0, 0.1) is 5.82 Å². The molecule has 0 bridgehead atoms. The summed E-state index contributed by atoms with van der Waals surface area (Å²) >= 11 is 0. The van der Waals surface area contributed by atoms with Gasteiger partial charge in [0.1, 0.15) is 5.82 Å². The number of nitrogen functional groups attached to an aromatic ring is 1. The van der Waals surface area contributed by atoms with Crippen LogP contribution in [0.5, 0.6) is 0 Å². The van der Waals surface area contributed by atoms with Crippen LogP contribution in [-0.4, -0.2) is 18.7 Å². The number of rotatable bonds is 3. The van der Waals surface area contributed by atoms with Crippen molar-refractivity contribution in [1.82, 2.24) is 5.32 Å². The fraction of sp³-hybridized carbons (Fsp3) is 0.333. The first kappa shape index (κ1) is 9.95. The molecule has 0 fully saturated rings. The molecule has 0 aromatic heterocycles. The van der Waals surface area contributed by atoms with Crippen LogP contribution in [0.4, 0.5) is 10.1 Å². The molecule has 3 nitrogen and oxygen atoms in total. The molecule has 0 heterocycles. The Morgan fingerprint density at radius 3 is 2.92 bits per heavy atom. The third kappa shape index (κ3) is 2.40. The molecular formula is C9H13FN2O. The molecule has 1 unspecified atom stereocenters. The predicted molar refractivity (Wildman–Crippen MR) is 49.7 cm³/mol. The molecule has 0 saturated heterocycles. The topological polar surface area (TPSA) is 58.3 Å². The summed E-state index contributed by atoms with van der Waals surface area (Å²) in [6, 6.07) is 3.96. The molecule has 1 atom stereocenters. The number of aliphatic hydroxyl groups excluding tert-OH is 1. The van der Waals surface area contributed by atoms with Crippen LogP contribution < -0.4 is 11.1 Å². The highest BCUT2D eigenvalue weighted by Crippen LogP contribution is 2.20. The molecule has 0 spiro atoms. The Bertz CT molecular complexity index is 291. The van der Waals surface area contributed by atoms with E-state index in [-0.39, 0.29) is 5.82 Å². The second-order valence-corrected chi connectivity index (χ2v) is 2.85. The number of nitrogens with one attached hydrogen (secondary N) is 1. The highest BCUT2D eigenvalue weighted by Gasteiger charge is 2.10. The molecule has 1 aromatic carbocycles. The monoisotopic (exact) mass is 184 g/mol. The number of nitrogens with two attached hydrogens (primary N) is 1. The van der Waals surface area contributed by atoms with Gasteiger partial charge in [0.25, 0.3) is 0 Å². The lowest BCUT2D eigenvalue weighted by molar-refractivity contribution is 0.178. The highest BCUT2D eigenvalue weighted by molar-refractivity contribution is 5.48. The first-order valence-corrected chi connectivity index (χ1v) is 4.02. The Hall–Kier alpha value is -1.13. The first-order valence-electron chi connectivity index (χ1n) is 4.02. The molecule has 1 aromatic rings. The lowest BCUT2D eigenvalue weighted by Crippen LogP contribution is -2.17. The quantitative estimate of drug-likeness (QED) is 0.605. The summed E-state index contributed by atoms with van der Waals surface area (Å²) in [5.74, 6) is -0.389. The minimum Gasteiger partial charge on any atom is -0.398 e. The van der Waals surface area contributed by atoms with Crippen molar-refractivity contribution in [1.29, 1.82) is 0 Å². The Kier molecular flexibility index (Phi) is 3.22. The molecule has 13 heavy (non-hydrogen) atoms. The van der Waals surface area contributed by atoms with Gasteiger partial charge in [0.15, 0.2) is 0 Å². The number of likely N-dealkylation sites (N-methyl/N-ethyl adjacent to an activating group) is 1. The van der Waals surface area contributed by atoms with Crippen molar-refractivity contribution < 1.29 is 9.50 Å². The van der Waals surface area contributed by atoms with Crippen LogP contribution in [0.3, 0.4) is 0 Å². The maximum absolute atomic E-state index is 12.8. The molecule has 0 saturated carbocycles. The SMILES string of the molecule is CNCC(O)c1cc(F)ccc1N. The normalized spacial score (nSPS) is 12.8. The first-order chi connectivity index (χ1) is 6.15. The second kappa shape index (κ2) is 4.20. The van der Waals surface area contributed by atoms with Crippen LogP contribution in [0.1, 0.15) is 11.7 Å². The predicted octanol–water partition coefficient (Wildman–Crippen LogP) is 0.661. The average molecular weight is 184 g/mol. The maximum Gasteiger partial charge on any atom is 0.123 e. The molecule has 0 aliphatic heterocycles.